The van der Waals surface area contributed by atoms with E-state index in [1.165, 1.54) is 12.6 Å². The van der Waals surface area contributed by atoms with Crippen molar-refractivity contribution >= 4 is 69.5 Å². The molecule has 2 aromatic carbocycles. The number of ether oxygens (including phenoxy) is 6. The number of ketones is 2. The van der Waals surface area contributed by atoms with Crippen LogP contribution in [0.25, 0.3) is 21.8 Å². The highest BCUT2D eigenvalue weighted by molar-refractivity contribution is 6.17. The lowest BCUT2D eigenvalue weighted by atomic mass is 9.85. The molecule has 0 fully saturated rings. The molecular formula is C58H77Cl2N9O12. The van der Waals surface area contributed by atoms with Gasteiger partial charge in [0.15, 0.2) is 17.6 Å². The number of nitrogens with zero attached hydrogens (tertiary/aromatic N) is 7. The summed E-state index contributed by atoms with van der Waals surface area (Å²) in [6.07, 6.45) is 9.29. The molecule has 0 saturated carbocycles. The Labute approximate surface area is 484 Å². The van der Waals surface area contributed by atoms with E-state index in [0.717, 1.165) is 82.5 Å². The number of imidazole rings is 2. The fraction of sp³-hybridized carbons (Fsp3) is 0.500. The lowest BCUT2D eigenvalue weighted by Gasteiger charge is -2.23. The molecule has 0 saturated heterocycles. The summed E-state index contributed by atoms with van der Waals surface area (Å²) in [5.74, 6) is 2.24. The SMILES string of the molecule is CC#N.CC(C)(C)OC(=O)NCCCOC(=O)OCCl.Cc1n(CC2CCc3c(c4ccccc4n3C)C2=O)cc[n+]1COC(=O)OCCCNC(=O)OC(C)(C)C.Cc1nccn1CC1CCc2c(c3ccccc3n2C)C1=O.[Cl-]. The Hall–Kier alpha value is -7.57. The van der Waals surface area contributed by atoms with Crippen LogP contribution in [0.4, 0.5) is 19.2 Å². The second-order valence-electron chi connectivity index (χ2n) is 21.1. The zero-order valence-corrected chi connectivity index (χ0v) is 49.8. The van der Waals surface area contributed by atoms with Crippen LogP contribution in [-0.4, -0.2) is 103 Å². The highest BCUT2D eigenvalue weighted by Crippen LogP contribution is 2.36. The lowest BCUT2D eigenvalue weighted by Crippen LogP contribution is -3.00. The van der Waals surface area contributed by atoms with Crippen LogP contribution in [0.2, 0.25) is 0 Å². The van der Waals surface area contributed by atoms with Crippen molar-refractivity contribution in [3.8, 4) is 6.07 Å². The second kappa shape index (κ2) is 30.9. The molecule has 81 heavy (non-hydrogen) atoms. The Morgan fingerprint density at radius 1 is 0.716 bits per heavy atom. The number of Topliss-reactive ketones (excluding diaryl/α,β-unsaturated/α-hetero) is 2. The Morgan fingerprint density at radius 2 is 1.16 bits per heavy atom. The normalized spacial score (nSPS) is 14.4. The van der Waals surface area contributed by atoms with Gasteiger partial charge in [0.1, 0.15) is 36.0 Å². The maximum Gasteiger partial charge on any atom is 0.511 e. The largest absolute Gasteiger partial charge is 1.00 e. The highest BCUT2D eigenvalue weighted by atomic mass is 35.5. The number of aryl methyl sites for hydroxylation is 3. The number of carbonyl (C=O) groups excluding carboxylic acids is 6. The number of alkyl halides is 1. The number of amides is 2. The van der Waals surface area contributed by atoms with Crippen molar-refractivity contribution < 1.29 is 74.2 Å². The third kappa shape index (κ3) is 19.0. The molecule has 4 heterocycles. The first-order valence-corrected chi connectivity index (χ1v) is 27.1. The molecule has 2 aliphatic carbocycles. The van der Waals surface area contributed by atoms with Crippen LogP contribution in [0.15, 0.2) is 73.3 Å². The first kappa shape index (κ1) is 65.9. The number of hydrogen-bond donors (Lipinski definition) is 2. The first-order chi connectivity index (χ1) is 38.0. The van der Waals surface area contributed by atoms with Gasteiger partial charge in [-0.3, -0.25) is 9.59 Å². The highest BCUT2D eigenvalue weighted by Gasteiger charge is 2.35. The van der Waals surface area contributed by atoms with E-state index in [4.69, 9.17) is 35.8 Å². The number of nitriles is 1. The summed E-state index contributed by atoms with van der Waals surface area (Å²) in [6, 6.07) is 17.8. The number of rotatable bonds is 15. The Kier molecular flexibility index (Phi) is 25.1. The summed E-state index contributed by atoms with van der Waals surface area (Å²) in [4.78, 5) is 76.2. The van der Waals surface area contributed by atoms with Gasteiger partial charge in [-0.05, 0) is 99.1 Å². The molecule has 4 aromatic heterocycles. The fourth-order valence-electron chi connectivity index (χ4n) is 9.33. The molecule has 21 nitrogen and oxygen atoms in total. The zero-order valence-electron chi connectivity index (χ0n) is 48.3. The van der Waals surface area contributed by atoms with Crippen LogP contribution < -0.4 is 27.6 Å². The monoisotopic (exact) mass is 1160 g/mol. The molecule has 2 atom stereocenters. The van der Waals surface area contributed by atoms with E-state index in [2.05, 4.69) is 64.0 Å². The van der Waals surface area contributed by atoms with Gasteiger partial charge in [0.2, 0.25) is 6.73 Å². The van der Waals surface area contributed by atoms with Crippen molar-refractivity contribution in [2.75, 3.05) is 32.4 Å². The van der Waals surface area contributed by atoms with Gasteiger partial charge in [-0.25, -0.2) is 28.7 Å². The summed E-state index contributed by atoms with van der Waals surface area (Å²) >= 11 is 5.14. The van der Waals surface area contributed by atoms with Gasteiger partial charge in [-0.2, -0.15) is 9.83 Å². The molecular weight excluding hydrogens is 1090 g/mol. The van der Waals surface area contributed by atoms with Gasteiger partial charge in [0.25, 0.3) is 5.82 Å². The van der Waals surface area contributed by atoms with Gasteiger partial charge < -0.3 is 65.2 Å². The maximum atomic E-state index is 13.5. The number of alkyl carbamates (subject to hydrolysis) is 2. The third-order valence-electron chi connectivity index (χ3n) is 13.1. The van der Waals surface area contributed by atoms with Crippen molar-refractivity contribution in [1.29, 1.82) is 5.26 Å². The van der Waals surface area contributed by atoms with Gasteiger partial charge in [-0.1, -0.05) is 48.0 Å². The summed E-state index contributed by atoms with van der Waals surface area (Å²) in [6.45, 7) is 18.2. The van der Waals surface area contributed by atoms with Crippen LogP contribution in [0, 0.1) is 37.0 Å². The zero-order chi connectivity index (χ0) is 58.7. The average molecular weight is 1160 g/mol. The molecule has 2 amide bonds. The van der Waals surface area contributed by atoms with E-state index in [1.807, 2.05) is 74.4 Å². The number of fused-ring (bicyclic) bond motifs is 6. The minimum Gasteiger partial charge on any atom is -1.00 e. The van der Waals surface area contributed by atoms with Crippen LogP contribution in [0.5, 0.6) is 0 Å². The standard InChI is InChI=1S/C28H36N4O6.C18H19N3O.C10H18ClNO5.C2H3N.ClH/c1-19-31(17-20-11-12-23-24(25(20)33)21-9-6-7-10-22(21)30(23)5)14-15-32(19)18-37-27(35)36-16-8-13-29-26(34)38-28(2,3)4;1-12-19-9-10-21(12)11-13-7-8-16-17(18(13)22)14-5-3-4-6-15(14)20(16)2;1-10(2,3)17-8(13)12-5-4-6-15-9(14)16-7-11;1-2-3;/h6-7,9-10,14-15,20H,8,11-13,16-18H2,1-5H3;3-6,9-10,13H,7-8,11H2,1-2H3;4-7H2,1-3H3,(H,12,13);1H3;1H. The van der Waals surface area contributed by atoms with Crippen LogP contribution in [0.1, 0.15) is 118 Å². The van der Waals surface area contributed by atoms with E-state index < -0.39 is 35.7 Å². The van der Waals surface area contributed by atoms with Crippen molar-refractivity contribution in [3.05, 3.63) is 107 Å². The summed E-state index contributed by atoms with van der Waals surface area (Å²) < 4.78 is 39.6. The first-order valence-electron chi connectivity index (χ1n) is 26.6. The van der Waals surface area contributed by atoms with E-state index in [-0.39, 0.29) is 61.8 Å². The Bertz CT molecular complexity index is 3140. The van der Waals surface area contributed by atoms with Gasteiger partial charge in [-0.15, -0.1) is 0 Å². The molecule has 0 spiro atoms. The predicted molar refractivity (Wildman–Crippen MR) is 299 cm³/mol. The molecule has 440 valence electrons. The molecule has 2 unspecified atom stereocenters. The van der Waals surface area contributed by atoms with Crippen molar-refractivity contribution in [2.45, 2.75) is 132 Å². The lowest BCUT2D eigenvalue weighted by molar-refractivity contribution is -0.732. The molecule has 0 bridgehead atoms. The van der Waals surface area contributed by atoms with Crippen LogP contribution >= 0.6 is 11.6 Å². The minimum atomic E-state index is -0.822. The number of carbonyl (C=O) groups is 6. The summed E-state index contributed by atoms with van der Waals surface area (Å²) in [5, 5.41) is 14.6. The summed E-state index contributed by atoms with van der Waals surface area (Å²) in [5.41, 5.74) is 5.24. The molecule has 0 radical (unpaired) electrons. The number of benzene rings is 2. The fourth-order valence-corrected chi connectivity index (χ4v) is 9.41. The number of hydrogen-bond acceptors (Lipinski definition) is 14. The van der Waals surface area contributed by atoms with Crippen molar-refractivity contribution in [1.82, 2.24) is 33.9 Å². The number of para-hydroxylation sites is 2. The molecule has 6 aromatic rings. The third-order valence-corrected chi connectivity index (χ3v) is 13.2. The Balaban J connectivity index is 0.000000278. The van der Waals surface area contributed by atoms with Crippen molar-refractivity contribution in [3.63, 3.8) is 0 Å². The van der Waals surface area contributed by atoms with Gasteiger partial charge in [0, 0.05) is 110 Å². The van der Waals surface area contributed by atoms with E-state index in [1.54, 1.807) is 58.4 Å². The van der Waals surface area contributed by atoms with Crippen LogP contribution in [-0.2, 0) is 75.2 Å². The molecule has 0 aliphatic heterocycles. The molecule has 23 heteroatoms. The van der Waals surface area contributed by atoms with Gasteiger partial charge >= 0.3 is 24.5 Å². The number of aromatic nitrogens is 6. The summed E-state index contributed by atoms with van der Waals surface area (Å²) in [7, 11) is 4.09. The molecule has 8 rings (SSSR count). The van der Waals surface area contributed by atoms with E-state index in [9.17, 15) is 28.8 Å². The van der Waals surface area contributed by atoms with Crippen LogP contribution in [0.3, 0.4) is 0 Å². The minimum absolute atomic E-state index is 0. The quantitative estimate of drug-likeness (QED) is 0.0347. The van der Waals surface area contributed by atoms with Gasteiger partial charge in [0.05, 0.1) is 25.2 Å². The second-order valence-corrected chi connectivity index (χ2v) is 21.3. The Morgan fingerprint density at radius 3 is 1.59 bits per heavy atom. The molecule has 2 N–H and O–H groups in total. The van der Waals surface area contributed by atoms with Crippen molar-refractivity contribution in [2.24, 2.45) is 25.9 Å². The molecule has 2 aliphatic rings. The smallest absolute Gasteiger partial charge is 0.511 e. The number of halogens is 2. The predicted octanol–water partition coefficient (Wildman–Crippen LogP) is 6.96. The number of nitrogens with one attached hydrogen (secondary N) is 2. The average Bonchev–Trinajstić information content (AvgIpc) is 4.22. The maximum absolute atomic E-state index is 13.5. The van der Waals surface area contributed by atoms with E-state index >= 15 is 0 Å². The van der Waals surface area contributed by atoms with E-state index in [0.29, 0.717) is 32.5 Å². The topological polar surface area (TPSA) is 242 Å².